The van der Waals surface area contributed by atoms with Crippen molar-refractivity contribution >= 4 is 32.3 Å². The summed E-state index contributed by atoms with van der Waals surface area (Å²) in [4.78, 5) is 11.3. The number of carbonyl (C=O) groups is 1. The van der Waals surface area contributed by atoms with Gasteiger partial charge in [-0.2, -0.15) is 0 Å². The summed E-state index contributed by atoms with van der Waals surface area (Å²) in [5.74, 6) is -0.842. The molecule has 0 radical (unpaired) electrons. The SMILES string of the molecule is C=C(C)c1cc(S(C)(=O)=O)cc2c1cc1n2CCC1CC(=O)O. The number of rotatable bonds is 4. The highest BCUT2D eigenvalue weighted by atomic mass is 32.2. The van der Waals surface area contributed by atoms with Crippen LogP contribution >= 0.6 is 0 Å². The number of carboxylic acids is 1. The third-order valence-electron chi connectivity index (χ3n) is 4.45. The molecule has 5 nitrogen and oxygen atoms in total. The standard InChI is InChI=1S/C17H19NO4S/c1-10(2)13-7-12(23(3,21)22)8-16-14(13)9-15-11(6-17(19)20)4-5-18(15)16/h7-9,11H,1,4-6H2,2-3H3,(H,19,20). The van der Waals surface area contributed by atoms with Crippen LogP contribution in [-0.4, -0.2) is 30.3 Å². The van der Waals surface area contributed by atoms with Crippen molar-refractivity contribution in [2.45, 2.75) is 37.1 Å². The molecule has 2 heterocycles. The van der Waals surface area contributed by atoms with Gasteiger partial charge >= 0.3 is 5.97 Å². The zero-order valence-electron chi connectivity index (χ0n) is 13.2. The van der Waals surface area contributed by atoms with Crippen LogP contribution in [0.2, 0.25) is 0 Å². The van der Waals surface area contributed by atoms with E-state index in [2.05, 4.69) is 6.58 Å². The van der Waals surface area contributed by atoms with Gasteiger partial charge in [-0.25, -0.2) is 8.42 Å². The first-order valence-corrected chi connectivity index (χ1v) is 9.32. The van der Waals surface area contributed by atoms with Crippen LogP contribution in [0.25, 0.3) is 16.5 Å². The molecule has 1 atom stereocenters. The molecule has 1 aromatic carbocycles. The maximum absolute atomic E-state index is 12.0. The van der Waals surface area contributed by atoms with Gasteiger partial charge < -0.3 is 9.67 Å². The van der Waals surface area contributed by atoms with Crippen LogP contribution in [0.15, 0.2) is 29.7 Å². The predicted molar refractivity (Wildman–Crippen MR) is 89.4 cm³/mol. The number of fused-ring (bicyclic) bond motifs is 3. The first-order valence-electron chi connectivity index (χ1n) is 7.43. The van der Waals surface area contributed by atoms with Crippen LogP contribution in [0, 0.1) is 0 Å². The van der Waals surface area contributed by atoms with Gasteiger partial charge in [-0.1, -0.05) is 12.2 Å². The summed E-state index contributed by atoms with van der Waals surface area (Å²) in [6.07, 6.45) is 2.05. The number of hydrogen-bond acceptors (Lipinski definition) is 3. The van der Waals surface area contributed by atoms with E-state index in [0.29, 0.717) is 6.54 Å². The number of allylic oxidation sites excluding steroid dienone is 1. The Bertz CT molecular complexity index is 937. The lowest BCUT2D eigenvalue weighted by Crippen LogP contribution is -2.02. The Kier molecular flexibility index (Phi) is 3.59. The Labute approximate surface area is 135 Å². The van der Waals surface area contributed by atoms with E-state index in [4.69, 9.17) is 5.11 Å². The first-order chi connectivity index (χ1) is 10.7. The quantitative estimate of drug-likeness (QED) is 0.933. The molecule has 1 aliphatic heterocycles. The molecule has 0 saturated heterocycles. The highest BCUT2D eigenvalue weighted by Crippen LogP contribution is 2.39. The molecule has 1 N–H and O–H groups in total. The smallest absolute Gasteiger partial charge is 0.304 e. The van der Waals surface area contributed by atoms with Crippen LogP contribution in [0.3, 0.4) is 0 Å². The van der Waals surface area contributed by atoms with E-state index in [1.54, 1.807) is 12.1 Å². The molecule has 1 unspecified atom stereocenters. The topological polar surface area (TPSA) is 76.4 Å². The minimum Gasteiger partial charge on any atom is -0.481 e. The number of aryl methyl sites for hydroxylation is 1. The van der Waals surface area contributed by atoms with Crippen molar-refractivity contribution in [2.75, 3.05) is 6.26 Å². The number of benzene rings is 1. The third-order valence-corrected chi connectivity index (χ3v) is 5.55. The molecular weight excluding hydrogens is 314 g/mol. The Morgan fingerprint density at radius 2 is 2.09 bits per heavy atom. The first kappa shape index (κ1) is 15.8. The molecule has 0 amide bonds. The normalized spacial score (nSPS) is 17.4. The van der Waals surface area contributed by atoms with Gasteiger partial charge in [0.15, 0.2) is 9.84 Å². The summed E-state index contributed by atoms with van der Waals surface area (Å²) in [5, 5.41) is 10.0. The van der Waals surface area contributed by atoms with Crippen molar-refractivity contribution in [3.8, 4) is 0 Å². The van der Waals surface area contributed by atoms with E-state index in [9.17, 15) is 13.2 Å². The van der Waals surface area contributed by atoms with Crippen LogP contribution in [0.4, 0.5) is 0 Å². The Balaban J connectivity index is 2.28. The second-order valence-electron chi connectivity index (χ2n) is 6.26. The zero-order valence-corrected chi connectivity index (χ0v) is 14.0. The number of carboxylic acid groups (broad SMARTS) is 1. The van der Waals surface area contributed by atoms with Gasteiger partial charge in [-0.15, -0.1) is 0 Å². The third kappa shape index (κ3) is 2.67. The summed E-state index contributed by atoms with van der Waals surface area (Å²) in [5.41, 5.74) is 3.41. The molecule has 0 saturated carbocycles. The molecule has 3 rings (SSSR count). The number of hydrogen-bond donors (Lipinski definition) is 1. The maximum atomic E-state index is 12.0. The molecule has 0 bridgehead atoms. The van der Waals surface area contributed by atoms with Gasteiger partial charge in [0.2, 0.25) is 0 Å². The van der Waals surface area contributed by atoms with Gasteiger partial charge in [0.05, 0.1) is 16.8 Å². The van der Waals surface area contributed by atoms with E-state index in [1.165, 1.54) is 6.26 Å². The molecule has 0 fully saturated rings. The lowest BCUT2D eigenvalue weighted by atomic mass is 9.98. The summed E-state index contributed by atoms with van der Waals surface area (Å²) < 4.78 is 26.0. The number of sulfone groups is 1. The van der Waals surface area contributed by atoms with E-state index in [1.807, 2.05) is 17.6 Å². The molecule has 23 heavy (non-hydrogen) atoms. The molecule has 122 valence electrons. The average Bonchev–Trinajstić information content (AvgIpc) is 2.96. The van der Waals surface area contributed by atoms with E-state index in [-0.39, 0.29) is 17.2 Å². The summed E-state index contributed by atoms with van der Waals surface area (Å²) >= 11 is 0. The summed E-state index contributed by atoms with van der Waals surface area (Å²) in [6, 6.07) is 5.33. The van der Waals surface area contributed by atoms with Crippen molar-refractivity contribution in [3.63, 3.8) is 0 Å². The van der Waals surface area contributed by atoms with Gasteiger partial charge in [0.25, 0.3) is 0 Å². The monoisotopic (exact) mass is 333 g/mol. The average molecular weight is 333 g/mol. The van der Waals surface area contributed by atoms with Crippen molar-refractivity contribution < 1.29 is 18.3 Å². The fraction of sp³-hybridized carbons (Fsp3) is 0.353. The van der Waals surface area contributed by atoms with Crippen molar-refractivity contribution in [3.05, 3.63) is 36.0 Å². The van der Waals surface area contributed by atoms with Crippen molar-refractivity contribution in [1.82, 2.24) is 4.57 Å². The van der Waals surface area contributed by atoms with Gasteiger partial charge in [0, 0.05) is 29.8 Å². The molecule has 1 aliphatic rings. The Morgan fingerprint density at radius 1 is 1.39 bits per heavy atom. The van der Waals surface area contributed by atoms with E-state index in [0.717, 1.165) is 34.2 Å². The number of nitrogens with zero attached hydrogens (tertiary/aromatic N) is 1. The van der Waals surface area contributed by atoms with Gasteiger partial charge in [-0.3, -0.25) is 4.79 Å². The summed E-state index contributed by atoms with van der Waals surface area (Å²) in [6.45, 7) is 6.50. The molecular formula is C17H19NO4S. The Morgan fingerprint density at radius 3 is 2.65 bits per heavy atom. The van der Waals surface area contributed by atoms with Gasteiger partial charge in [-0.05, 0) is 37.1 Å². The largest absolute Gasteiger partial charge is 0.481 e. The minimum absolute atomic E-state index is 0.0282. The highest BCUT2D eigenvalue weighted by molar-refractivity contribution is 7.90. The molecule has 0 spiro atoms. The van der Waals surface area contributed by atoms with Gasteiger partial charge in [0.1, 0.15) is 0 Å². The second-order valence-corrected chi connectivity index (χ2v) is 8.28. The lowest BCUT2D eigenvalue weighted by molar-refractivity contribution is -0.137. The minimum atomic E-state index is -3.33. The molecule has 1 aromatic heterocycles. The molecule has 0 aliphatic carbocycles. The number of aromatic nitrogens is 1. The number of aliphatic carboxylic acids is 1. The van der Waals surface area contributed by atoms with Crippen LogP contribution in [0.1, 0.15) is 36.9 Å². The molecule has 6 heteroatoms. The molecule has 2 aromatic rings. The second kappa shape index (κ2) is 5.23. The van der Waals surface area contributed by atoms with Crippen molar-refractivity contribution in [1.29, 1.82) is 0 Å². The van der Waals surface area contributed by atoms with Crippen molar-refractivity contribution in [2.24, 2.45) is 0 Å². The summed E-state index contributed by atoms with van der Waals surface area (Å²) in [7, 11) is -3.33. The zero-order chi connectivity index (χ0) is 16.9. The highest BCUT2D eigenvalue weighted by Gasteiger charge is 2.28. The van der Waals surface area contributed by atoms with Crippen LogP contribution in [0.5, 0.6) is 0 Å². The predicted octanol–water partition coefficient (Wildman–Crippen LogP) is 3.04. The fourth-order valence-electron chi connectivity index (χ4n) is 3.36. The van der Waals surface area contributed by atoms with E-state index >= 15 is 0 Å². The van der Waals surface area contributed by atoms with Crippen LogP contribution in [-0.2, 0) is 21.2 Å². The Hall–Kier alpha value is -2.08. The lowest BCUT2D eigenvalue weighted by Gasteiger charge is -2.08. The van der Waals surface area contributed by atoms with E-state index < -0.39 is 15.8 Å². The van der Waals surface area contributed by atoms with Crippen LogP contribution < -0.4 is 0 Å². The fourth-order valence-corrected chi connectivity index (χ4v) is 4.01. The maximum Gasteiger partial charge on any atom is 0.304 e.